The molecular formula is C9H15N3O2S. The summed E-state index contributed by atoms with van der Waals surface area (Å²) in [5.41, 5.74) is 2.71. The van der Waals surface area contributed by atoms with Gasteiger partial charge in [0, 0.05) is 19.4 Å². The van der Waals surface area contributed by atoms with Crippen molar-refractivity contribution in [1.29, 1.82) is 0 Å². The van der Waals surface area contributed by atoms with Crippen molar-refractivity contribution in [2.75, 3.05) is 18.6 Å². The van der Waals surface area contributed by atoms with Gasteiger partial charge < -0.3 is 5.32 Å². The maximum Gasteiger partial charge on any atom is 0.267 e. The Labute approximate surface area is 93.1 Å². The fourth-order valence-corrected chi connectivity index (χ4v) is 1.59. The molecule has 6 heteroatoms. The van der Waals surface area contributed by atoms with Crippen LogP contribution in [0.4, 0.5) is 0 Å². The van der Waals surface area contributed by atoms with E-state index in [1.807, 2.05) is 6.26 Å². The second-order valence-electron chi connectivity index (χ2n) is 3.20. The van der Waals surface area contributed by atoms with Crippen LogP contribution in [0.1, 0.15) is 19.3 Å². The van der Waals surface area contributed by atoms with Crippen LogP contribution in [0.15, 0.2) is 5.10 Å². The molecule has 5 nitrogen and oxygen atoms in total. The molecule has 0 fully saturated rings. The Bertz CT molecular complexity index is 279. The van der Waals surface area contributed by atoms with Crippen LogP contribution < -0.4 is 10.7 Å². The minimum absolute atomic E-state index is 0.131. The number of hydrazone groups is 1. The third-order valence-electron chi connectivity index (χ3n) is 1.98. The fraction of sp³-hybridized carbons (Fsp3) is 0.667. The highest BCUT2D eigenvalue weighted by Gasteiger charge is 2.17. The molecule has 1 heterocycles. The molecule has 2 amide bonds. The van der Waals surface area contributed by atoms with Crippen LogP contribution in [0, 0.1) is 0 Å². The van der Waals surface area contributed by atoms with Gasteiger partial charge in [-0.15, -0.1) is 0 Å². The molecule has 2 N–H and O–H groups in total. The quantitative estimate of drug-likeness (QED) is 0.658. The average Bonchev–Trinajstić information content (AvgIpc) is 2.25. The molecule has 1 aliphatic rings. The summed E-state index contributed by atoms with van der Waals surface area (Å²) in [6.45, 7) is 0.659. The molecule has 0 bridgehead atoms. The average molecular weight is 229 g/mol. The van der Waals surface area contributed by atoms with Crippen molar-refractivity contribution >= 4 is 29.3 Å². The van der Waals surface area contributed by atoms with Gasteiger partial charge in [-0.25, -0.2) is 5.43 Å². The number of nitrogens with one attached hydrogen (secondary N) is 2. The minimum atomic E-state index is -0.170. The van der Waals surface area contributed by atoms with Crippen LogP contribution in [0.5, 0.6) is 0 Å². The number of rotatable bonds is 5. The van der Waals surface area contributed by atoms with Crippen LogP contribution in [0.2, 0.25) is 0 Å². The number of nitrogens with zero attached hydrogens (tertiary/aromatic N) is 1. The summed E-state index contributed by atoms with van der Waals surface area (Å²) in [6.07, 6.45) is 3.76. The van der Waals surface area contributed by atoms with E-state index < -0.39 is 0 Å². The molecule has 1 rings (SSSR count). The van der Waals surface area contributed by atoms with Gasteiger partial charge in [0.05, 0.1) is 0 Å². The Balaban J connectivity index is 2.25. The highest BCUT2D eigenvalue weighted by Crippen LogP contribution is 1.99. The van der Waals surface area contributed by atoms with Gasteiger partial charge in [0.15, 0.2) is 0 Å². The van der Waals surface area contributed by atoms with E-state index >= 15 is 0 Å². The van der Waals surface area contributed by atoms with E-state index in [9.17, 15) is 9.59 Å². The molecule has 0 aliphatic carbocycles. The van der Waals surface area contributed by atoms with Gasteiger partial charge in [0.1, 0.15) is 5.71 Å². The lowest BCUT2D eigenvalue weighted by molar-refractivity contribution is -0.121. The first kappa shape index (κ1) is 12.0. The van der Waals surface area contributed by atoms with E-state index in [2.05, 4.69) is 15.8 Å². The van der Waals surface area contributed by atoms with E-state index in [0.717, 1.165) is 12.2 Å². The zero-order chi connectivity index (χ0) is 11.1. The predicted molar refractivity (Wildman–Crippen MR) is 60.8 cm³/mol. The molecule has 0 aromatic rings. The minimum Gasteiger partial charge on any atom is -0.351 e. The number of carbonyl (C=O) groups excluding carboxylic acids is 2. The van der Waals surface area contributed by atoms with E-state index in [0.29, 0.717) is 25.1 Å². The maximum atomic E-state index is 11.5. The van der Waals surface area contributed by atoms with E-state index in [1.54, 1.807) is 11.8 Å². The Kier molecular flexibility index (Phi) is 5.17. The third-order valence-corrected chi connectivity index (χ3v) is 2.67. The third kappa shape index (κ3) is 4.33. The van der Waals surface area contributed by atoms with Crippen molar-refractivity contribution in [3.63, 3.8) is 0 Å². The summed E-state index contributed by atoms with van der Waals surface area (Å²) in [7, 11) is 0. The van der Waals surface area contributed by atoms with Crippen molar-refractivity contribution < 1.29 is 9.59 Å². The number of thioether (sulfide) groups is 1. The van der Waals surface area contributed by atoms with Gasteiger partial charge in [-0.05, 0) is 18.4 Å². The van der Waals surface area contributed by atoms with Gasteiger partial charge in [0.25, 0.3) is 5.91 Å². The van der Waals surface area contributed by atoms with Crippen LogP contribution in [0.3, 0.4) is 0 Å². The maximum absolute atomic E-state index is 11.5. The Morgan fingerprint density at radius 1 is 1.60 bits per heavy atom. The smallest absolute Gasteiger partial charge is 0.267 e. The van der Waals surface area contributed by atoms with Crippen molar-refractivity contribution in [1.82, 2.24) is 10.7 Å². The van der Waals surface area contributed by atoms with Crippen LogP contribution in [0.25, 0.3) is 0 Å². The van der Waals surface area contributed by atoms with Crippen LogP contribution >= 0.6 is 11.8 Å². The second-order valence-corrected chi connectivity index (χ2v) is 4.18. The molecule has 0 saturated heterocycles. The lowest BCUT2D eigenvalue weighted by Crippen LogP contribution is -2.37. The summed E-state index contributed by atoms with van der Waals surface area (Å²) in [6, 6.07) is 0. The van der Waals surface area contributed by atoms with E-state index in [4.69, 9.17) is 0 Å². The molecule has 0 aromatic heterocycles. The van der Waals surface area contributed by atoms with Crippen molar-refractivity contribution in [2.45, 2.75) is 19.3 Å². The van der Waals surface area contributed by atoms with Gasteiger partial charge in [-0.2, -0.15) is 16.9 Å². The molecule has 1 aliphatic heterocycles. The highest BCUT2D eigenvalue weighted by atomic mass is 32.2. The lowest BCUT2D eigenvalue weighted by Gasteiger charge is -2.11. The number of hydrogen-bond acceptors (Lipinski definition) is 4. The van der Waals surface area contributed by atoms with Crippen molar-refractivity contribution in [3.05, 3.63) is 0 Å². The molecule has 0 radical (unpaired) electrons. The standard InChI is InChI=1S/C9H15N3O2S/c1-15-6-2-5-10-9(14)7-3-4-8(13)12-11-7/h2-6H2,1H3,(H,10,14)(H,12,13). The summed E-state index contributed by atoms with van der Waals surface area (Å²) in [5.74, 6) is 0.730. The van der Waals surface area contributed by atoms with E-state index in [-0.39, 0.29) is 11.8 Å². The second kappa shape index (κ2) is 6.44. The summed E-state index contributed by atoms with van der Waals surface area (Å²) >= 11 is 1.75. The van der Waals surface area contributed by atoms with Crippen molar-refractivity contribution in [3.8, 4) is 0 Å². The molecule has 0 aromatic carbocycles. The lowest BCUT2D eigenvalue weighted by atomic mass is 10.1. The summed E-state index contributed by atoms with van der Waals surface area (Å²) < 4.78 is 0. The van der Waals surface area contributed by atoms with Crippen LogP contribution in [-0.2, 0) is 9.59 Å². The first-order valence-electron chi connectivity index (χ1n) is 4.86. The SMILES string of the molecule is CSCCCNC(=O)C1=NNC(=O)CC1. The summed E-state index contributed by atoms with van der Waals surface area (Å²) in [5, 5.41) is 6.48. The van der Waals surface area contributed by atoms with Gasteiger partial charge in [-0.3, -0.25) is 9.59 Å². The molecule has 0 unspecified atom stereocenters. The molecule has 0 saturated carbocycles. The fourth-order valence-electron chi connectivity index (χ4n) is 1.16. The molecule has 84 valence electrons. The first-order valence-corrected chi connectivity index (χ1v) is 6.26. The monoisotopic (exact) mass is 229 g/mol. The topological polar surface area (TPSA) is 70.6 Å². The Morgan fingerprint density at radius 2 is 2.40 bits per heavy atom. The molecule has 15 heavy (non-hydrogen) atoms. The molecule has 0 spiro atoms. The highest BCUT2D eigenvalue weighted by molar-refractivity contribution is 7.98. The van der Waals surface area contributed by atoms with Crippen LogP contribution in [-0.4, -0.2) is 36.1 Å². The Hall–Kier alpha value is -1.04. The number of carbonyl (C=O) groups is 2. The molecule has 0 atom stereocenters. The van der Waals surface area contributed by atoms with Gasteiger partial charge in [0.2, 0.25) is 5.91 Å². The number of hydrogen-bond donors (Lipinski definition) is 2. The normalized spacial score (nSPS) is 15.5. The zero-order valence-corrected chi connectivity index (χ0v) is 9.52. The first-order chi connectivity index (χ1) is 7.24. The van der Waals surface area contributed by atoms with E-state index in [1.165, 1.54) is 0 Å². The Morgan fingerprint density at radius 3 is 3.00 bits per heavy atom. The predicted octanol–water partition coefficient (Wildman–Crippen LogP) is 0.122. The van der Waals surface area contributed by atoms with Gasteiger partial charge in [-0.1, -0.05) is 0 Å². The summed E-state index contributed by atoms with van der Waals surface area (Å²) in [4.78, 5) is 22.2. The largest absolute Gasteiger partial charge is 0.351 e. The van der Waals surface area contributed by atoms with Gasteiger partial charge >= 0.3 is 0 Å². The molecular weight excluding hydrogens is 214 g/mol. The van der Waals surface area contributed by atoms with Crippen molar-refractivity contribution in [2.24, 2.45) is 5.10 Å². The number of amides is 2. The zero-order valence-electron chi connectivity index (χ0n) is 8.71.